The smallest absolute Gasteiger partial charge is 0.340 e. The lowest BCUT2D eigenvalue weighted by Crippen LogP contribution is -2.47. The molecule has 25 heavy (non-hydrogen) atoms. The number of amides is 2. The van der Waals surface area contributed by atoms with Crippen molar-refractivity contribution < 1.29 is 19.1 Å². The molecule has 2 saturated heterocycles. The summed E-state index contributed by atoms with van der Waals surface area (Å²) < 4.78 is 4.76. The van der Waals surface area contributed by atoms with Crippen LogP contribution in [0.2, 0.25) is 0 Å². The van der Waals surface area contributed by atoms with Crippen molar-refractivity contribution in [1.82, 2.24) is 10.6 Å². The lowest BCUT2D eigenvalue weighted by atomic mass is 9.92. The van der Waals surface area contributed by atoms with Crippen LogP contribution in [0, 0.1) is 5.92 Å². The monoisotopic (exact) mass is 365 g/mol. The highest BCUT2D eigenvalue weighted by Crippen LogP contribution is 2.32. The minimum atomic E-state index is -0.523. The van der Waals surface area contributed by atoms with E-state index in [1.165, 1.54) is 18.4 Å². The molecule has 136 valence electrons. The van der Waals surface area contributed by atoms with E-state index < -0.39 is 12.0 Å². The number of carbonyl (C=O) groups excluding carboxylic acids is 3. The van der Waals surface area contributed by atoms with Gasteiger partial charge in [0.2, 0.25) is 11.8 Å². The number of esters is 1. The van der Waals surface area contributed by atoms with Crippen molar-refractivity contribution in [3.05, 3.63) is 17.0 Å². The highest BCUT2D eigenvalue weighted by atomic mass is 32.1. The van der Waals surface area contributed by atoms with Crippen LogP contribution in [0.15, 0.2) is 11.4 Å². The number of nitrogens with one attached hydrogen (secondary N) is 2. The molecule has 3 atom stereocenters. The Bertz CT molecular complexity index is 675. The van der Waals surface area contributed by atoms with Gasteiger partial charge in [0.1, 0.15) is 11.0 Å². The van der Waals surface area contributed by atoms with Crippen molar-refractivity contribution in [2.45, 2.75) is 38.3 Å². The Hall–Kier alpha value is -1.93. The Morgan fingerprint density at radius 1 is 1.40 bits per heavy atom. The fraction of sp³-hybridized carbons (Fsp3) is 0.588. The molecule has 8 heteroatoms. The lowest BCUT2D eigenvalue weighted by Gasteiger charge is -2.28. The number of anilines is 1. The van der Waals surface area contributed by atoms with E-state index >= 15 is 0 Å². The zero-order valence-electron chi connectivity index (χ0n) is 14.4. The zero-order chi connectivity index (χ0) is 18.0. The van der Waals surface area contributed by atoms with Gasteiger partial charge in [-0.1, -0.05) is 0 Å². The average Bonchev–Trinajstić information content (AvgIpc) is 3.21. The van der Waals surface area contributed by atoms with Crippen molar-refractivity contribution >= 4 is 34.1 Å². The molecule has 0 spiro atoms. The standard InChI is InChI=1S/C17H23N3O4S/c1-10-9-11(3-6-18-10)14(21)19-13-4-7-20(15(13)22)16-12(5-8-25-16)17(23)24-2/h5,8,10-11,13,18H,3-4,6-7,9H2,1-2H3,(H,19,21)/t10-,11-,13?/m0/s1. The summed E-state index contributed by atoms with van der Waals surface area (Å²) in [5, 5.41) is 8.57. The first-order chi connectivity index (χ1) is 12.0. The summed E-state index contributed by atoms with van der Waals surface area (Å²) >= 11 is 1.33. The highest BCUT2D eigenvalue weighted by molar-refractivity contribution is 7.14. The Kier molecular flexibility index (Phi) is 5.39. The summed E-state index contributed by atoms with van der Waals surface area (Å²) in [5.41, 5.74) is 0.389. The first-order valence-corrected chi connectivity index (χ1v) is 9.40. The quantitative estimate of drug-likeness (QED) is 0.782. The Labute approximate surface area is 150 Å². The van der Waals surface area contributed by atoms with Gasteiger partial charge >= 0.3 is 5.97 Å². The number of carbonyl (C=O) groups is 3. The molecular weight excluding hydrogens is 342 g/mol. The maximum absolute atomic E-state index is 12.7. The van der Waals surface area contributed by atoms with Gasteiger partial charge in [-0.15, -0.1) is 11.3 Å². The van der Waals surface area contributed by atoms with Crippen molar-refractivity contribution in [2.24, 2.45) is 5.92 Å². The first kappa shape index (κ1) is 17.9. The fourth-order valence-electron chi connectivity index (χ4n) is 3.45. The van der Waals surface area contributed by atoms with E-state index in [0.717, 1.165) is 19.4 Å². The average molecular weight is 365 g/mol. The molecule has 3 rings (SSSR count). The Balaban J connectivity index is 1.65. The second-order valence-corrected chi connectivity index (χ2v) is 7.44. The van der Waals surface area contributed by atoms with E-state index in [-0.39, 0.29) is 17.7 Å². The van der Waals surface area contributed by atoms with Gasteiger partial charge in [-0.2, -0.15) is 0 Å². The van der Waals surface area contributed by atoms with Crippen molar-refractivity contribution in [3.63, 3.8) is 0 Å². The molecule has 0 bridgehead atoms. The van der Waals surface area contributed by atoms with Crippen LogP contribution >= 0.6 is 11.3 Å². The van der Waals surface area contributed by atoms with E-state index in [9.17, 15) is 14.4 Å². The topological polar surface area (TPSA) is 87.7 Å². The molecule has 7 nitrogen and oxygen atoms in total. The number of rotatable bonds is 4. The fourth-order valence-corrected chi connectivity index (χ4v) is 4.37. The van der Waals surface area contributed by atoms with Crippen molar-refractivity contribution in [2.75, 3.05) is 25.1 Å². The van der Waals surface area contributed by atoms with Gasteiger partial charge in [0, 0.05) is 18.5 Å². The molecule has 2 amide bonds. The van der Waals surface area contributed by atoms with E-state index in [1.54, 1.807) is 16.3 Å². The van der Waals surface area contributed by atoms with Gasteiger partial charge in [0.05, 0.1) is 12.7 Å². The maximum atomic E-state index is 12.7. The van der Waals surface area contributed by atoms with Gasteiger partial charge in [-0.25, -0.2) is 4.79 Å². The summed E-state index contributed by atoms with van der Waals surface area (Å²) in [6.45, 7) is 3.37. The summed E-state index contributed by atoms with van der Waals surface area (Å²) in [7, 11) is 1.32. The second-order valence-electron chi connectivity index (χ2n) is 6.55. The van der Waals surface area contributed by atoms with E-state index in [1.807, 2.05) is 0 Å². The lowest BCUT2D eigenvalue weighted by molar-refractivity contribution is -0.130. The van der Waals surface area contributed by atoms with Crippen LogP contribution in [-0.4, -0.2) is 50.1 Å². The van der Waals surface area contributed by atoms with Crippen LogP contribution in [0.4, 0.5) is 5.00 Å². The van der Waals surface area contributed by atoms with Gasteiger partial charge in [0.25, 0.3) is 0 Å². The van der Waals surface area contributed by atoms with Gasteiger partial charge < -0.3 is 20.3 Å². The molecule has 0 radical (unpaired) electrons. The maximum Gasteiger partial charge on any atom is 0.340 e. The SMILES string of the molecule is COC(=O)c1ccsc1N1CCC(NC(=O)[C@H]2CCN[C@@H](C)C2)C1=O. The van der Waals surface area contributed by atoms with Crippen LogP contribution in [0.5, 0.6) is 0 Å². The molecule has 2 aliphatic rings. The van der Waals surface area contributed by atoms with Gasteiger partial charge in [-0.3, -0.25) is 9.59 Å². The molecule has 2 aliphatic heterocycles. The molecule has 2 N–H and O–H groups in total. The van der Waals surface area contributed by atoms with E-state index in [0.29, 0.717) is 29.6 Å². The first-order valence-electron chi connectivity index (χ1n) is 8.52. The number of methoxy groups -OCH3 is 1. The van der Waals surface area contributed by atoms with Crippen molar-refractivity contribution in [1.29, 1.82) is 0 Å². The molecular formula is C17H23N3O4S. The molecule has 2 fully saturated rings. The number of piperidine rings is 1. The molecule has 0 aliphatic carbocycles. The van der Waals surface area contributed by atoms with Crippen LogP contribution in [0.25, 0.3) is 0 Å². The zero-order valence-corrected chi connectivity index (χ0v) is 15.2. The third-order valence-corrected chi connectivity index (χ3v) is 5.75. The van der Waals surface area contributed by atoms with Gasteiger partial charge in [0.15, 0.2) is 0 Å². The molecule has 1 aromatic heterocycles. The molecule has 1 unspecified atom stereocenters. The predicted octanol–water partition coefficient (Wildman–Crippen LogP) is 1.14. The minimum Gasteiger partial charge on any atom is -0.465 e. The molecule has 3 heterocycles. The summed E-state index contributed by atoms with van der Waals surface area (Å²) in [4.78, 5) is 38.6. The van der Waals surface area contributed by atoms with Crippen LogP contribution in [0.3, 0.4) is 0 Å². The molecule has 1 aromatic rings. The molecule has 0 aromatic carbocycles. The van der Waals surface area contributed by atoms with Crippen LogP contribution in [0.1, 0.15) is 36.5 Å². The van der Waals surface area contributed by atoms with Crippen LogP contribution in [-0.2, 0) is 14.3 Å². The normalized spacial score (nSPS) is 26.6. The molecule has 0 saturated carbocycles. The number of hydrogen-bond acceptors (Lipinski definition) is 6. The van der Waals surface area contributed by atoms with E-state index in [4.69, 9.17) is 4.74 Å². The third kappa shape index (κ3) is 3.69. The number of ether oxygens (including phenoxy) is 1. The number of hydrogen-bond donors (Lipinski definition) is 2. The third-order valence-electron chi connectivity index (χ3n) is 4.81. The largest absolute Gasteiger partial charge is 0.465 e. The van der Waals surface area contributed by atoms with Crippen molar-refractivity contribution in [3.8, 4) is 0 Å². The second kappa shape index (κ2) is 7.53. The van der Waals surface area contributed by atoms with Gasteiger partial charge in [-0.05, 0) is 44.2 Å². The number of thiophene rings is 1. The predicted molar refractivity (Wildman–Crippen MR) is 94.7 cm³/mol. The summed E-state index contributed by atoms with van der Waals surface area (Å²) in [6, 6.07) is 1.45. The highest BCUT2D eigenvalue weighted by Gasteiger charge is 2.37. The number of nitrogens with zero attached hydrogens (tertiary/aromatic N) is 1. The minimum absolute atomic E-state index is 0.0482. The van der Waals surface area contributed by atoms with Crippen LogP contribution < -0.4 is 15.5 Å². The Morgan fingerprint density at radius 3 is 2.92 bits per heavy atom. The van der Waals surface area contributed by atoms with E-state index in [2.05, 4.69) is 17.6 Å². The summed E-state index contributed by atoms with van der Waals surface area (Å²) in [6.07, 6.45) is 2.12. The Morgan fingerprint density at radius 2 is 2.20 bits per heavy atom. The summed E-state index contributed by atoms with van der Waals surface area (Å²) in [5.74, 6) is -0.721.